The van der Waals surface area contributed by atoms with Gasteiger partial charge in [-0.05, 0) is 6.92 Å². The van der Waals surface area contributed by atoms with Crippen molar-refractivity contribution in [1.82, 2.24) is 15.0 Å². The highest BCUT2D eigenvalue weighted by Crippen LogP contribution is 2.23. The molecule has 0 aliphatic carbocycles. The van der Waals surface area contributed by atoms with Crippen LogP contribution < -0.4 is 0 Å². The second-order valence-electron chi connectivity index (χ2n) is 3.34. The summed E-state index contributed by atoms with van der Waals surface area (Å²) in [5.41, 5.74) is -0.212. The Morgan fingerprint density at radius 1 is 1.53 bits per heavy atom. The van der Waals surface area contributed by atoms with Gasteiger partial charge in [-0.3, -0.25) is 0 Å². The maximum Gasteiger partial charge on any atom is 0.360 e. The number of halogens is 3. The highest BCUT2D eigenvalue weighted by atomic mass is 19.3. The van der Waals surface area contributed by atoms with Crippen LogP contribution >= 0.6 is 0 Å². The summed E-state index contributed by atoms with van der Waals surface area (Å²) in [4.78, 5) is 11.6. The first-order valence-corrected chi connectivity index (χ1v) is 4.98. The average molecular weight is 251 g/mol. The van der Waals surface area contributed by atoms with Crippen molar-refractivity contribution in [3.63, 3.8) is 0 Å². The normalized spacial score (nSPS) is 14.7. The van der Waals surface area contributed by atoms with Gasteiger partial charge in [0.2, 0.25) is 12.7 Å². The maximum absolute atomic E-state index is 13.4. The number of nitrogens with zero attached hydrogens (tertiary/aromatic N) is 3. The highest BCUT2D eigenvalue weighted by Gasteiger charge is 2.29. The van der Waals surface area contributed by atoms with Crippen LogP contribution in [-0.2, 0) is 4.74 Å². The molecule has 0 aromatic carbocycles. The number of ether oxygens (including phenoxy) is 1. The molecule has 0 saturated carbocycles. The van der Waals surface area contributed by atoms with Crippen LogP contribution in [0.5, 0.6) is 0 Å². The molecule has 2 unspecified atom stereocenters. The lowest BCUT2D eigenvalue weighted by molar-refractivity contribution is -0.001000. The lowest BCUT2D eigenvalue weighted by Crippen LogP contribution is -2.21. The van der Waals surface area contributed by atoms with Crippen LogP contribution in [0.2, 0.25) is 0 Å². The molecule has 0 N–H and O–H groups in total. The fraction of sp³-hybridized carbons (Fsp3) is 0.667. The fourth-order valence-electron chi connectivity index (χ4n) is 1.02. The molecular weight excluding hydrogens is 239 g/mol. The van der Waals surface area contributed by atoms with E-state index in [1.54, 1.807) is 6.92 Å². The Hall–Kier alpha value is -1.60. The van der Waals surface area contributed by atoms with Crippen molar-refractivity contribution in [2.75, 3.05) is 6.61 Å². The van der Waals surface area contributed by atoms with Crippen LogP contribution in [0.4, 0.5) is 13.2 Å². The summed E-state index contributed by atoms with van der Waals surface area (Å²) in [7, 11) is 0. The van der Waals surface area contributed by atoms with Gasteiger partial charge in [-0.25, -0.2) is 18.0 Å². The number of aromatic nitrogens is 3. The SMILES string of the molecule is CCOC(=O)c1cnn(C(F)C(C)C(F)F)n1. The van der Waals surface area contributed by atoms with E-state index in [1.807, 2.05) is 0 Å². The third-order valence-electron chi connectivity index (χ3n) is 2.05. The van der Waals surface area contributed by atoms with E-state index in [-0.39, 0.29) is 12.3 Å². The van der Waals surface area contributed by atoms with Gasteiger partial charge in [-0.15, -0.1) is 9.90 Å². The molecule has 0 spiro atoms. The Kier molecular flexibility index (Phi) is 4.47. The summed E-state index contributed by atoms with van der Waals surface area (Å²) in [6.45, 7) is 2.76. The molecule has 1 aromatic heterocycles. The molecule has 0 fully saturated rings. The van der Waals surface area contributed by atoms with Crippen LogP contribution in [0.1, 0.15) is 30.6 Å². The van der Waals surface area contributed by atoms with Gasteiger partial charge < -0.3 is 4.74 Å². The first-order valence-electron chi connectivity index (χ1n) is 4.98. The first-order chi connectivity index (χ1) is 7.97. The van der Waals surface area contributed by atoms with Crippen LogP contribution in [0.15, 0.2) is 6.20 Å². The number of hydrogen-bond donors (Lipinski definition) is 0. The molecule has 8 heteroatoms. The third kappa shape index (κ3) is 3.18. The summed E-state index contributed by atoms with van der Waals surface area (Å²) in [6.07, 6.45) is -3.94. The zero-order chi connectivity index (χ0) is 13.0. The number of alkyl halides is 3. The Labute approximate surface area is 95.6 Å². The lowest BCUT2D eigenvalue weighted by atomic mass is 10.2. The van der Waals surface area contributed by atoms with Gasteiger partial charge in [0, 0.05) is 0 Å². The first kappa shape index (κ1) is 13.5. The molecule has 0 saturated heterocycles. The molecule has 1 rings (SSSR count). The molecule has 1 heterocycles. The molecule has 0 aliphatic heterocycles. The second kappa shape index (κ2) is 5.65. The Bertz CT molecular complexity index is 383. The third-order valence-corrected chi connectivity index (χ3v) is 2.05. The molecular formula is C9H12F3N3O2. The largest absolute Gasteiger partial charge is 0.461 e. The molecule has 0 radical (unpaired) electrons. The summed E-state index contributed by atoms with van der Waals surface area (Å²) in [6, 6.07) is 0. The van der Waals surface area contributed by atoms with Crippen molar-refractivity contribution >= 4 is 5.97 Å². The van der Waals surface area contributed by atoms with Gasteiger partial charge >= 0.3 is 5.97 Å². The van der Waals surface area contributed by atoms with Crippen molar-refractivity contribution in [2.24, 2.45) is 5.92 Å². The fourth-order valence-corrected chi connectivity index (χ4v) is 1.02. The number of carbonyl (C=O) groups excluding carboxylic acids is 1. The maximum atomic E-state index is 13.4. The van der Waals surface area contributed by atoms with E-state index in [4.69, 9.17) is 0 Å². The number of esters is 1. The number of hydrogen-bond acceptors (Lipinski definition) is 4. The minimum Gasteiger partial charge on any atom is -0.461 e. The molecule has 17 heavy (non-hydrogen) atoms. The predicted molar refractivity (Wildman–Crippen MR) is 51.3 cm³/mol. The summed E-state index contributed by atoms with van der Waals surface area (Å²) in [5.74, 6) is -2.33. The van der Waals surface area contributed by atoms with E-state index < -0.39 is 24.6 Å². The van der Waals surface area contributed by atoms with Crippen LogP contribution in [0.25, 0.3) is 0 Å². The Morgan fingerprint density at radius 3 is 2.71 bits per heavy atom. The van der Waals surface area contributed by atoms with Gasteiger partial charge in [0.1, 0.15) is 0 Å². The summed E-state index contributed by atoms with van der Waals surface area (Å²) < 4.78 is 42.6. The van der Waals surface area contributed by atoms with Crippen molar-refractivity contribution in [3.05, 3.63) is 11.9 Å². The van der Waals surface area contributed by atoms with Gasteiger partial charge in [0.25, 0.3) is 0 Å². The van der Waals surface area contributed by atoms with Crippen LogP contribution in [0.3, 0.4) is 0 Å². The smallest absolute Gasteiger partial charge is 0.360 e. The number of carbonyl (C=O) groups is 1. The van der Waals surface area contributed by atoms with Crippen molar-refractivity contribution in [1.29, 1.82) is 0 Å². The van der Waals surface area contributed by atoms with Gasteiger partial charge in [-0.1, -0.05) is 6.92 Å². The Balaban J connectivity index is 2.77. The molecule has 5 nitrogen and oxygen atoms in total. The summed E-state index contributed by atoms with van der Waals surface area (Å²) in [5, 5.41) is 6.87. The molecule has 0 aliphatic rings. The van der Waals surface area contributed by atoms with E-state index in [2.05, 4.69) is 14.9 Å². The van der Waals surface area contributed by atoms with E-state index in [0.717, 1.165) is 13.1 Å². The van der Waals surface area contributed by atoms with Crippen LogP contribution in [-0.4, -0.2) is 34.0 Å². The van der Waals surface area contributed by atoms with Gasteiger partial charge in [0.15, 0.2) is 5.69 Å². The zero-order valence-corrected chi connectivity index (χ0v) is 9.31. The minimum absolute atomic E-state index is 0.137. The molecule has 0 bridgehead atoms. The minimum atomic E-state index is -2.83. The predicted octanol–water partition coefficient (Wildman–Crippen LogP) is 1.82. The van der Waals surface area contributed by atoms with Crippen LogP contribution in [0, 0.1) is 5.92 Å². The summed E-state index contributed by atoms with van der Waals surface area (Å²) >= 11 is 0. The molecule has 1 aromatic rings. The highest BCUT2D eigenvalue weighted by molar-refractivity contribution is 5.86. The van der Waals surface area contributed by atoms with Gasteiger partial charge in [0.05, 0.1) is 18.7 Å². The molecule has 96 valence electrons. The van der Waals surface area contributed by atoms with E-state index in [1.165, 1.54) is 0 Å². The second-order valence-corrected chi connectivity index (χ2v) is 3.34. The number of rotatable bonds is 5. The quantitative estimate of drug-likeness (QED) is 0.749. The van der Waals surface area contributed by atoms with E-state index in [9.17, 15) is 18.0 Å². The topological polar surface area (TPSA) is 57.0 Å². The lowest BCUT2D eigenvalue weighted by Gasteiger charge is -2.14. The standard InChI is InChI=1S/C9H12F3N3O2/c1-3-17-9(16)6-4-13-15(14-6)8(12)5(2)7(10)11/h4-5,7-8H,3H2,1-2H3. The molecule has 0 amide bonds. The van der Waals surface area contributed by atoms with Crippen molar-refractivity contribution in [3.8, 4) is 0 Å². The Morgan fingerprint density at radius 2 is 2.18 bits per heavy atom. The van der Waals surface area contributed by atoms with Crippen molar-refractivity contribution in [2.45, 2.75) is 26.6 Å². The average Bonchev–Trinajstić information content (AvgIpc) is 2.76. The van der Waals surface area contributed by atoms with Gasteiger partial charge in [-0.2, -0.15) is 5.10 Å². The molecule has 2 atom stereocenters. The van der Waals surface area contributed by atoms with Crippen molar-refractivity contribution < 1.29 is 22.7 Å². The zero-order valence-electron chi connectivity index (χ0n) is 9.31. The monoisotopic (exact) mass is 251 g/mol. The van der Waals surface area contributed by atoms with E-state index in [0.29, 0.717) is 4.80 Å². The van der Waals surface area contributed by atoms with E-state index >= 15 is 0 Å².